The van der Waals surface area contributed by atoms with E-state index in [1.807, 2.05) is 0 Å². The van der Waals surface area contributed by atoms with Crippen molar-refractivity contribution in [3.8, 4) is 0 Å². The Balaban J connectivity index is 2.09. The van der Waals surface area contributed by atoms with Crippen LogP contribution in [0.4, 0.5) is 0 Å². The second kappa shape index (κ2) is 13.1. The Morgan fingerprint density at radius 1 is 0.886 bits per heavy atom. The maximum atomic E-state index is 4.48. The molecule has 1 aromatic rings. The lowest BCUT2D eigenvalue weighted by Gasteiger charge is -2.44. The molecular formula is C35H48. The lowest BCUT2D eigenvalue weighted by atomic mass is 9.59. The summed E-state index contributed by atoms with van der Waals surface area (Å²) < 4.78 is 0. The van der Waals surface area contributed by atoms with Crippen molar-refractivity contribution < 1.29 is 0 Å². The number of allylic oxidation sites excluding steroid dienone is 9. The smallest absolute Gasteiger partial charge is 0.0305 e. The van der Waals surface area contributed by atoms with Gasteiger partial charge in [0, 0.05) is 5.41 Å². The molecule has 0 radical (unpaired) electrons. The zero-order valence-electron chi connectivity index (χ0n) is 22.6. The highest BCUT2D eigenvalue weighted by molar-refractivity contribution is 5.43. The molecule has 0 fully saturated rings. The van der Waals surface area contributed by atoms with Crippen molar-refractivity contribution in [2.24, 2.45) is 29.1 Å². The number of hydrogen-bond acceptors (Lipinski definition) is 0. The minimum Gasteiger partial charge on any atom is -0.103 e. The molecular weight excluding hydrogens is 420 g/mol. The second-order valence-electron chi connectivity index (χ2n) is 11.1. The Bertz CT molecular complexity index is 944. The van der Waals surface area contributed by atoms with Crippen LogP contribution in [0.25, 0.3) is 0 Å². The van der Waals surface area contributed by atoms with Crippen molar-refractivity contribution in [1.82, 2.24) is 0 Å². The van der Waals surface area contributed by atoms with Gasteiger partial charge < -0.3 is 0 Å². The van der Waals surface area contributed by atoms with Crippen LogP contribution in [0.2, 0.25) is 0 Å². The molecule has 0 spiro atoms. The predicted octanol–water partition coefficient (Wildman–Crippen LogP) is 10.0. The first-order chi connectivity index (χ1) is 17.0. The van der Waals surface area contributed by atoms with E-state index in [1.165, 1.54) is 55.2 Å². The summed E-state index contributed by atoms with van der Waals surface area (Å²) in [4.78, 5) is 0. The second-order valence-corrected chi connectivity index (χ2v) is 11.1. The summed E-state index contributed by atoms with van der Waals surface area (Å²) in [6.07, 6.45) is 26.8. The molecule has 0 heteroatoms. The number of fused-ring (bicyclic) bond motifs is 1. The van der Waals surface area contributed by atoms with Gasteiger partial charge in [0.25, 0.3) is 0 Å². The molecule has 0 amide bonds. The Morgan fingerprint density at radius 2 is 1.54 bits per heavy atom. The maximum Gasteiger partial charge on any atom is 0.0305 e. The van der Waals surface area contributed by atoms with Gasteiger partial charge in [-0.3, -0.25) is 0 Å². The normalized spacial score (nSPS) is 26.5. The van der Waals surface area contributed by atoms with Crippen LogP contribution in [0.15, 0.2) is 97.7 Å². The topological polar surface area (TPSA) is 0 Å². The monoisotopic (exact) mass is 468 g/mol. The van der Waals surface area contributed by atoms with Gasteiger partial charge >= 0.3 is 0 Å². The van der Waals surface area contributed by atoms with E-state index in [2.05, 4.69) is 107 Å². The highest BCUT2D eigenvalue weighted by Crippen LogP contribution is 2.51. The molecule has 4 atom stereocenters. The largest absolute Gasteiger partial charge is 0.103 e. The minimum atomic E-state index is -0.221. The van der Waals surface area contributed by atoms with E-state index in [-0.39, 0.29) is 5.41 Å². The van der Waals surface area contributed by atoms with E-state index in [9.17, 15) is 0 Å². The van der Waals surface area contributed by atoms with Gasteiger partial charge in [0.1, 0.15) is 0 Å². The van der Waals surface area contributed by atoms with Crippen LogP contribution < -0.4 is 0 Å². The highest BCUT2D eigenvalue weighted by atomic mass is 14.5. The van der Waals surface area contributed by atoms with Gasteiger partial charge in [-0.05, 0) is 73.8 Å². The van der Waals surface area contributed by atoms with Crippen LogP contribution in [0.1, 0.15) is 76.8 Å². The Labute approximate surface area is 216 Å². The molecule has 0 heterocycles. The lowest BCUT2D eigenvalue weighted by Crippen LogP contribution is -2.36. The molecule has 0 bridgehead atoms. The summed E-state index contributed by atoms with van der Waals surface area (Å²) in [6, 6.07) is 9.01. The average Bonchev–Trinajstić information content (AvgIpc) is 2.96. The lowest BCUT2D eigenvalue weighted by molar-refractivity contribution is 0.228. The summed E-state index contributed by atoms with van der Waals surface area (Å²) in [5.74, 6) is 1.93. The van der Waals surface area contributed by atoms with E-state index in [1.54, 1.807) is 5.57 Å². The SMILES string of the molecule is C=CCC1C=CC=CC(C)CCCCCCC1C(C=C)(C=C)C1=C(C)Cc2ccccc2CC1C. The maximum absolute atomic E-state index is 4.48. The van der Waals surface area contributed by atoms with E-state index in [4.69, 9.17) is 0 Å². The van der Waals surface area contributed by atoms with Crippen LogP contribution >= 0.6 is 0 Å². The standard InChI is InChI=1S/C35H48/c1-7-18-30-21-15-14-20-27(4)19-12-10-11-13-24-33(30)35(8-2,9-3)34-28(5)25-31-22-16-17-23-32(31)26-29(34)6/h7-9,14-17,20-23,27-28,30,33H,1-3,10-13,18-19,24-26H2,4-6H3. The Morgan fingerprint density at radius 3 is 2.23 bits per heavy atom. The van der Waals surface area contributed by atoms with Gasteiger partial charge in [-0.1, -0.05) is 117 Å². The van der Waals surface area contributed by atoms with Gasteiger partial charge in [0.2, 0.25) is 0 Å². The third-order valence-electron chi connectivity index (χ3n) is 8.60. The molecule has 0 aliphatic heterocycles. The van der Waals surface area contributed by atoms with E-state index in [0.29, 0.717) is 23.7 Å². The fourth-order valence-corrected chi connectivity index (χ4v) is 6.88. The minimum absolute atomic E-state index is 0.221. The van der Waals surface area contributed by atoms with Crippen molar-refractivity contribution >= 4 is 0 Å². The van der Waals surface area contributed by atoms with Gasteiger partial charge in [0.05, 0.1) is 0 Å². The van der Waals surface area contributed by atoms with E-state index in [0.717, 1.165) is 19.3 Å². The molecule has 2 aliphatic carbocycles. The Kier molecular flexibility index (Phi) is 10.2. The zero-order valence-corrected chi connectivity index (χ0v) is 22.6. The third kappa shape index (κ3) is 6.46. The van der Waals surface area contributed by atoms with Gasteiger partial charge in [-0.25, -0.2) is 0 Å². The van der Waals surface area contributed by atoms with E-state index < -0.39 is 0 Å². The van der Waals surface area contributed by atoms with Crippen molar-refractivity contribution in [2.45, 2.75) is 78.6 Å². The molecule has 35 heavy (non-hydrogen) atoms. The van der Waals surface area contributed by atoms with Gasteiger partial charge in [-0.15, -0.1) is 19.7 Å². The molecule has 0 saturated heterocycles. The third-order valence-corrected chi connectivity index (χ3v) is 8.60. The molecule has 2 aliphatic rings. The molecule has 0 saturated carbocycles. The summed E-state index contributed by atoms with van der Waals surface area (Å²) >= 11 is 0. The van der Waals surface area contributed by atoms with Crippen LogP contribution in [0, 0.1) is 29.1 Å². The first kappa shape index (κ1) is 27.3. The summed E-state index contributed by atoms with van der Waals surface area (Å²) in [7, 11) is 0. The molecule has 0 nitrogen and oxygen atoms in total. The summed E-state index contributed by atoms with van der Waals surface area (Å²) in [5, 5.41) is 0. The Hall–Kier alpha value is -2.34. The first-order valence-corrected chi connectivity index (χ1v) is 14.0. The molecule has 3 rings (SSSR count). The van der Waals surface area contributed by atoms with Crippen LogP contribution in [0.5, 0.6) is 0 Å². The fraction of sp³-hybridized carbons (Fsp3) is 0.486. The number of hydrogen-bond donors (Lipinski definition) is 0. The average molecular weight is 469 g/mol. The quantitative estimate of drug-likeness (QED) is 0.364. The number of rotatable bonds is 6. The highest BCUT2D eigenvalue weighted by Gasteiger charge is 2.43. The molecule has 0 N–H and O–H groups in total. The van der Waals surface area contributed by atoms with Crippen molar-refractivity contribution in [3.05, 3.63) is 109 Å². The number of benzene rings is 1. The van der Waals surface area contributed by atoms with Crippen LogP contribution in [-0.2, 0) is 12.8 Å². The molecule has 188 valence electrons. The predicted molar refractivity (Wildman–Crippen MR) is 155 cm³/mol. The van der Waals surface area contributed by atoms with Gasteiger partial charge in [0.15, 0.2) is 0 Å². The molecule has 0 aromatic heterocycles. The van der Waals surface area contributed by atoms with Crippen LogP contribution in [0.3, 0.4) is 0 Å². The molecule has 1 aromatic carbocycles. The fourth-order valence-electron chi connectivity index (χ4n) is 6.88. The van der Waals surface area contributed by atoms with Crippen LogP contribution in [-0.4, -0.2) is 0 Å². The van der Waals surface area contributed by atoms with E-state index >= 15 is 0 Å². The van der Waals surface area contributed by atoms with Crippen molar-refractivity contribution in [2.75, 3.05) is 0 Å². The van der Waals surface area contributed by atoms with Crippen molar-refractivity contribution in [1.29, 1.82) is 0 Å². The zero-order chi connectivity index (χ0) is 25.3. The summed E-state index contributed by atoms with van der Waals surface area (Å²) in [5.41, 5.74) is 5.80. The molecule has 4 unspecified atom stereocenters. The van der Waals surface area contributed by atoms with Gasteiger partial charge in [-0.2, -0.15) is 0 Å². The summed E-state index contributed by atoms with van der Waals surface area (Å²) in [6.45, 7) is 20.2. The van der Waals surface area contributed by atoms with Crippen molar-refractivity contribution in [3.63, 3.8) is 0 Å². The first-order valence-electron chi connectivity index (χ1n) is 14.0.